The van der Waals surface area contributed by atoms with E-state index in [-0.39, 0.29) is 5.91 Å². The number of carbonyl (C=O) groups excluding carboxylic acids is 1. The summed E-state index contributed by atoms with van der Waals surface area (Å²) in [6.07, 6.45) is 0. The Kier molecular flexibility index (Phi) is 6.02. The number of para-hydroxylation sites is 1. The molecule has 0 saturated carbocycles. The van der Waals surface area contributed by atoms with E-state index in [1.54, 1.807) is 0 Å². The summed E-state index contributed by atoms with van der Waals surface area (Å²) in [7, 11) is 0. The van der Waals surface area contributed by atoms with Crippen molar-refractivity contribution in [3.8, 4) is 0 Å². The van der Waals surface area contributed by atoms with Crippen LogP contribution in [0.4, 0.5) is 5.69 Å². The number of hydrogen-bond acceptors (Lipinski definition) is 4. The zero-order chi connectivity index (χ0) is 18.4. The molecular formula is C21H26N4O. The fraction of sp³-hybridized carbons (Fsp3) is 0.333. The first-order valence-corrected chi connectivity index (χ1v) is 9.04. The zero-order valence-electron chi connectivity index (χ0n) is 15.5. The lowest BCUT2D eigenvalue weighted by Gasteiger charge is -2.36. The van der Waals surface area contributed by atoms with E-state index < -0.39 is 0 Å². The molecule has 5 heteroatoms. The molecule has 1 heterocycles. The van der Waals surface area contributed by atoms with E-state index >= 15 is 0 Å². The van der Waals surface area contributed by atoms with Crippen molar-refractivity contribution in [2.24, 2.45) is 5.10 Å². The lowest BCUT2D eigenvalue weighted by atomic mass is 10.1. The molecular weight excluding hydrogens is 324 g/mol. The average molecular weight is 350 g/mol. The first-order chi connectivity index (χ1) is 12.6. The second-order valence-corrected chi connectivity index (χ2v) is 6.80. The molecule has 0 aromatic heterocycles. The number of hydrazone groups is 1. The molecule has 0 atom stereocenters. The van der Waals surface area contributed by atoms with Gasteiger partial charge in [-0.2, -0.15) is 5.10 Å². The van der Waals surface area contributed by atoms with E-state index in [1.165, 1.54) is 11.3 Å². The van der Waals surface area contributed by atoms with Gasteiger partial charge in [-0.15, -0.1) is 0 Å². The maximum atomic E-state index is 12.0. The first kappa shape index (κ1) is 18.1. The summed E-state index contributed by atoms with van der Waals surface area (Å²) in [5.74, 6) is -0.172. The highest BCUT2D eigenvalue weighted by molar-refractivity contribution is 5.95. The van der Waals surface area contributed by atoms with Crippen molar-refractivity contribution in [1.29, 1.82) is 0 Å². The van der Waals surface area contributed by atoms with Gasteiger partial charge in [0.05, 0.1) is 0 Å². The molecule has 3 rings (SSSR count). The number of piperazine rings is 1. The van der Waals surface area contributed by atoms with E-state index in [0.717, 1.165) is 38.4 Å². The normalized spacial score (nSPS) is 14.8. The van der Waals surface area contributed by atoms with Crippen LogP contribution in [0.2, 0.25) is 0 Å². The number of hydrogen-bond donors (Lipinski definition) is 1. The van der Waals surface area contributed by atoms with Crippen LogP contribution in [0.5, 0.6) is 0 Å². The number of amides is 1. The van der Waals surface area contributed by atoms with Crippen molar-refractivity contribution in [3.63, 3.8) is 0 Å². The molecule has 0 bridgehead atoms. The van der Waals surface area contributed by atoms with Crippen molar-refractivity contribution in [3.05, 3.63) is 65.7 Å². The van der Waals surface area contributed by atoms with Crippen LogP contribution in [-0.4, -0.2) is 42.7 Å². The average Bonchev–Trinajstić information content (AvgIpc) is 2.68. The molecule has 0 unspecified atom stereocenters. The van der Waals surface area contributed by atoms with Crippen molar-refractivity contribution >= 4 is 17.3 Å². The third kappa shape index (κ3) is 4.92. The second kappa shape index (κ2) is 8.63. The van der Waals surface area contributed by atoms with E-state index in [1.807, 2.05) is 38.1 Å². The predicted molar refractivity (Wildman–Crippen MR) is 107 cm³/mol. The Labute approximate surface area is 155 Å². The summed E-state index contributed by atoms with van der Waals surface area (Å²) in [6, 6.07) is 18.4. The molecule has 0 radical (unpaired) electrons. The minimum absolute atomic E-state index is 0.172. The summed E-state index contributed by atoms with van der Waals surface area (Å²) in [5.41, 5.74) is 6.53. The van der Waals surface area contributed by atoms with Crippen LogP contribution in [0.25, 0.3) is 0 Å². The fourth-order valence-corrected chi connectivity index (χ4v) is 3.05. The maximum absolute atomic E-state index is 12.0. The molecule has 26 heavy (non-hydrogen) atoms. The summed E-state index contributed by atoms with van der Waals surface area (Å²) in [4.78, 5) is 16.9. The Morgan fingerprint density at radius 3 is 2.23 bits per heavy atom. The highest BCUT2D eigenvalue weighted by Gasteiger charge is 2.17. The lowest BCUT2D eigenvalue weighted by molar-refractivity contribution is 0.0954. The summed E-state index contributed by atoms with van der Waals surface area (Å²) in [5, 5.41) is 3.95. The van der Waals surface area contributed by atoms with Gasteiger partial charge in [-0.1, -0.05) is 30.3 Å². The van der Waals surface area contributed by atoms with Gasteiger partial charge in [-0.05, 0) is 43.7 Å². The fourth-order valence-electron chi connectivity index (χ4n) is 3.05. The SMILES string of the molecule is CC(C)=NNC(=O)c1ccc(CN2CCN(c3ccccc3)CC2)cc1. The Hall–Kier alpha value is -2.66. The van der Waals surface area contributed by atoms with Crippen LogP contribution in [0.3, 0.4) is 0 Å². The van der Waals surface area contributed by atoms with Gasteiger partial charge < -0.3 is 4.90 Å². The second-order valence-electron chi connectivity index (χ2n) is 6.80. The largest absolute Gasteiger partial charge is 0.369 e. The van der Waals surface area contributed by atoms with E-state index in [2.05, 4.69) is 50.7 Å². The van der Waals surface area contributed by atoms with Gasteiger partial charge in [0.25, 0.3) is 5.91 Å². The molecule has 2 aromatic rings. The van der Waals surface area contributed by atoms with E-state index in [9.17, 15) is 4.79 Å². The molecule has 1 N–H and O–H groups in total. The number of benzene rings is 2. The first-order valence-electron chi connectivity index (χ1n) is 9.04. The predicted octanol–water partition coefficient (Wildman–Crippen LogP) is 3.13. The quantitative estimate of drug-likeness (QED) is 0.666. The van der Waals surface area contributed by atoms with E-state index in [0.29, 0.717) is 5.56 Å². The standard InChI is InChI=1S/C21H26N4O/c1-17(2)22-23-21(26)19-10-8-18(9-11-19)16-24-12-14-25(15-13-24)20-6-4-3-5-7-20/h3-11H,12-16H2,1-2H3,(H,23,26). The zero-order valence-corrected chi connectivity index (χ0v) is 15.5. The smallest absolute Gasteiger partial charge is 0.271 e. The topological polar surface area (TPSA) is 47.9 Å². The molecule has 2 aromatic carbocycles. The third-order valence-corrected chi connectivity index (χ3v) is 4.50. The summed E-state index contributed by atoms with van der Waals surface area (Å²) < 4.78 is 0. The lowest BCUT2D eigenvalue weighted by Crippen LogP contribution is -2.45. The van der Waals surface area contributed by atoms with Crippen LogP contribution >= 0.6 is 0 Å². The molecule has 1 aliphatic rings. The monoisotopic (exact) mass is 350 g/mol. The van der Waals surface area contributed by atoms with Gasteiger partial charge in [-0.3, -0.25) is 9.69 Å². The molecule has 1 aliphatic heterocycles. The van der Waals surface area contributed by atoms with Crippen LogP contribution in [-0.2, 0) is 6.54 Å². The molecule has 0 spiro atoms. The van der Waals surface area contributed by atoms with Crippen LogP contribution in [0, 0.1) is 0 Å². The van der Waals surface area contributed by atoms with Crippen molar-refractivity contribution < 1.29 is 4.79 Å². The number of nitrogens with zero attached hydrogens (tertiary/aromatic N) is 3. The van der Waals surface area contributed by atoms with Crippen molar-refractivity contribution in [2.45, 2.75) is 20.4 Å². The van der Waals surface area contributed by atoms with Crippen LogP contribution in [0.1, 0.15) is 29.8 Å². The number of rotatable bonds is 5. The molecule has 1 saturated heterocycles. The van der Waals surface area contributed by atoms with Gasteiger partial charge in [0.2, 0.25) is 0 Å². The van der Waals surface area contributed by atoms with Gasteiger partial charge in [-0.25, -0.2) is 5.43 Å². The molecule has 5 nitrogen and oxygen atoms in total. The van der Waals surface area contributed by atoms with Crippen molar-refractivity contribution in [1.82, 2.24) is 10.3 Å². The van der Waals surface area contributed by atoms with Gasteiger partial charge in [0.1, 0.15) is 0 Å². The maximum Gasteiger partial charge on any atom is 0.271 e. The molecule has 1 amide bonds. The van der Waals surface area contributed by atoms with Crippen LogP contribution < -0.4 is 10.3 Å². The van der Waals surface area contributed by atoms with Gasteiger partial charge in [0, 0.05) is 49.7 Å². The Balaban J connectivity index is 1.51. The molecule has 136 valence electrons. The summed E-state index contributed by atoms with van der Waals surface area (Å²) in [6.45, 7) is 8.78. The number of nitrogens with one attached hydrogen (secondary N) is 1. The van der Waals surface area contributed by atoms with Crippen molar-refractivity contribution in [2.75, 3.05) is 31.1 Å². The Morgan fingerprint density at radius 1 is 0.962 bits per heavy atom. The number of carbonyl (C=O) groups is 1. The van der Waals surface area contributed by atoms with Gasteiger partial charge >= 0.3 is 0 Å². The third-order valence-electron chi connectivity index (χ3n) is 4.50. The Morgan fingerprint density at radius 2 is 1.62 bits per heavy atom. The summed E-state index contributed by atoms with van der Waals surface area (Å²) >= 11 is 0. The number of anilines is 1. The highest BCUT2D eigenvalue weighted by Crippen LogP contribution is 2.17. The minimum Gasteiger partial charge on any atom is -0.369 e. The molecule has 1 fully saturated rings. The Bertz CT molecular complexity index is 743. The van der Waals surface area contributed by atoms with Crippen LogP contribution in [0.15, 0.2) is 59.7 Å². The molecule has 0 aliphatic carbocycles. The van der Waals surface area contributed by atoms with Gasteiger partial charge in [0.15, 0.2) is 0 Å². The van der Waals surface area contributed by atoms with E-state index in [4.69, 9.17) is 0 Å². The highest BCUT2D eigenvalue weighted by atomic mass is 16.2. The minimum atomic E-state index is -0.172.